The van der Waals surface area contributed by atoms with E-state index in [1.165, 1.54) is 23.0 Å². The summed E-state index contributed by atoms with van der Waals surface area (Å²) in [5, 5.41) is 3.26. The summed E-state index contributed by atoms with van der Waals surface area (Å²) in [6, 6.07) is 14.2. The smallest absolute Gasteiger partial charge is 0.263 e. The van der Waals surface area contributed by atoms with Crippen LogP contribution in [0.2, 0.25) is 0 Å². The van der Waals surface area contributed by atoms with Crippen molar-refractivity contribution in [3.8, 4) is 11.1 Å². The Hall–Kier alpha value is -4.07. The molecule has 0 radical (unpaired) electrons. The second-order valence-electron chi connectivity index (χ2n) is 6.53. The molecule has 5 aromatic rings. The van der Waals surface area contributed by atoms with Gasteiger partial charge in [-0.25, -0.2) is 19.3 Å². The molecule has 8 heteroatoms. The van der Waals surface area contributed by atoms with Crippen molar-refractivity contribution in [1.29, 1.82) is 0 Å². The van der Waals surface area contributed by atoms with Gasteiger partial charge in [-0.15, -0.1) is 0 Å². The zero-order valence-electron chi connectivity index (χ0n) is 17.1. The Morgan fingerprint density at radius 2 is 1.87 bits per heavy atom. The summed E-state index contributed by atoms with van der Waals surface area (Å²) in [5.74, 6) is 0.123. The molecule has 156 valence electrons. The molecule has 0 aliphatic heterocycles. The number of rotatable bonds is 4. The van der Waals surface area contributed by atoms with Gasteiger partial charge in [0.1, 0.15) is 17.7 Å². The van der Waals surface area contributed by atoms with Crippen molar-refractivity contribution in [1.82, 2.24) is 24.3 Å². The minimum atomic E-state index is -0.466. The van der Waals surface area contributed by atoms with Gasteiger partial charge >= 0.3 is 0 Å². The molecule has 5 rings (SSSR count). The summed E-state index contributed by atoms with van der Waals surface area (Å²) in [5.41, 5.74) is 3.63. The van der Waals surface area contributed by atoms with Crippen LogP contribution < -0.4 is 10.9 Å². The van der Waals surface area contributed by atoms with Crippen molar-refractivity contribution in [2.24, 2.45) is 0 Å². The van der Waals surface area contributed by atoms with Crippen molar-refractivity contribution in [3.05, 3.63) is 89.1 Å². The van der Waals surface area contributed by atoms with Gasteiger partial charge in [-0.1, -0.05) is 44.2 Å². The highest BCUT2D eigenvalue weighted by Gasteiger charge is 2.14. The number of pyridine rings is 2. The molecule has 31 heavy (non-hydrogen) atoms. The van der Waals surface area contributed by atoms with E-state index in [4.69, 9.17) is 0 Å². The number of H-pyrrole nitrogens is 1. The summed E-state index contributed by atoms with van der Waals surface area (Å²) in [6.45, 7) is 4.35. The molecule has 0 saturated heterocycles. The highest BCUT2D eigenvalue weighted by atomic mass is 19.1. The minimum absolute atomic E-state index is 0.278. The van der Waals surface area contributed by atoms with E-state index in [9.17, 15) is 9.18 Å². The van der Waals surface area contributed by atoms with Crippen LogP contribution in [0.5, 0.6) is 0 Å². The van der Waals surface area contributed by atoms with Crippen molar-refractivity contribution in [2.75, 3.05) is 5.32 Å². The predicted molar refractivity (Wildman–Crippen MR) is 119 cm³/mol. The van der Waals surface area contributed by atoms with Crippen LogP contribution in [0.4, 0.5) is 10.2 Å². The van der Waals surface area contributed by atoms with E-state index in [0.29, 0.717) is 34.6 Å². The Bertz CT molecular complexity index is 1390. The first-order valence-electron chi connectivity index (χ1n) is 9.98. The number of nitrogens with zero attached hydrogens (tertiary/aromatic N) is 4. The SMILES string of the molecule is CC.O=c1c(-c2ccccc2)c(CNc2ncnc3nc[nH]c23)cc2ccc(F)cn12. The first-order valence-corrected chi connectivity index (χ1v) is 9.98. The van der Waals surface area contributed by atoms with E-state index >= 15 is 0 Å². The number of hydrogen-bond donors (Lipinski definition) is 2. The zero-order valence-corrected chi connectivity index (χ0v) is 17.1. The molecule has 1 aromatic carbocycles. The standard InChI is InChI=1S/C21H15FN6O.C2H6/c22-15-6-7-16-8-14(9-23-19-18-20(25-11-24-18)27-12-26-19)17(21(29)28(16)10-15)13-4-2-1-3-5-13;1-2/h1-8,10-12H,9H2,(H2,23,24,25,26,27);1-2H3. The van der Waals surface area contributed by atoms with Crippen LogP contribution in [0.25, 0.3) is 27.8 Å². The maximum atomic E-state index is 13.7. The summed E-state index contributed by atoms with van der Waals surface area (Å²) in [6.07, 6.45) is 4.19. The van der Waals surface area contributed by atoms with Gasteiger partial charge < -0.3 is 10.3 Å². The summed E-state index contributed by atoms with van der Waals surface area (Å²) in [4.78, 5) is 28.7. The second-order valence-corrected chi connectivity index (χ2v) is 6.53. The third kappa shape index (κ3) is 3.87. The largest absolute Gasteiger partial charge is 0.364 e. The van der Waals surface area contributed by atoms with Crippen LogP contribution >= 0.6 is 0 Å². The summed E-state index contributed by atoms with van der Waals surface area (Å²) in [7, 11) is 0. The molecular formula is C23H21FN6O. The average molecular weight is 416 g/mol. The lowest BCUT2D eigenvalue weighted by molar-refractivity contribution is 0.618. The van der Waals surface area contributed by atoms with Crippen LogP contribution in [0.1, 0.15) is 19.4 Å². The molecule has 7 nitrogen and oxygen atoms in total. The van der Waals surface area contributed by atoms with Gasteiger partial charge in [-0.3, -0.25) is 9.20 Å². The number of anilines is 1. The Labute approximate surface area is 177 Å². The molecule has 2 N–H and O–H groups in total. The van der Waals surface area contributed by atoms with E-state index in [-0.39, 0.29) is 5.56 Å². The molecule has 4 heterocycles. The molecule has 0 bridgehead atoms. The van der Waals surface area contributed by atoms with Crippen LogP contribution in [-0.2, 0) is 6.54 Å². The average Bonchev–Trinajstić information content (AvgIpc) is 3.30. The van der Waals surface area contributed by atoms with E-state index in [2.05, 4.69) is 25.3 Å². The van der Waals surface area contributed by atoms with Crippen LogP contribution in [-0.4, -0.2) is 24.3 Å². The van der Waals surface area contributed by atoms with Crippen LogP contribution in [0.3, 0.4) is 0 Å². The van der Waals surface area contributed by atoms with Crippen molar-refractivity contribution >= 4 is 22.5 Å². The Morgan fingerprint density at radius 3 is 2.68 bits per heavy atom. The number of hydrogen-bond acceptors (Lipinski definition) is 5. The molecule has 0 aliphatic carbocycles. The maximum absolute atomic E-state index is 13.7. The fourth-order valence-electron chi connectivity index (χ4n) is 3.42. The molecule has 0 atom stereocenters. The number of aromatic nitrogens is 5. The van der Waals surface area contributed by atoms with Gasteiger partial charge in [0, 0.05) is 18.3 Å². The highest BCUT2D eigenvalue weighted by molar-refractivity contribution is 5.82. The summed E-state index contributed by atoms with van der Waals surface area (Å²) >= 11 is 0. The van der Waals surface area contributed by atoms with Crippen molar-refractivity contribution < 1.29 is 4.39 Å². The molecule has 0 amide bonds. The molecular weight excluding hydrogens is 395 g/mol. The van der Waals surface area contributed by atoms with Gasteiger partial charge in [0.25, 0.3) is 5.56 Å². The van der Waals surface area contributed by atoms with Crippen molar-refractivity contribution in [2.45, 2.75) is 20.4 Å². The van der Waals surface area contributed by atoms with Crippen LogP contribution in [0, 0.1) is 5.82 Å². The normalized spacial score (nSPS) is 10.7. The topological polar surface area (TPSA) is 88.0 Å². The molecule has 0 spiro atoms. The third-order valence-electron chi connectivity index (χ3n) is 4.75. The third-order valence-corrected chi connectivity index (χ3v) is 4.75. The molecule has 0 aliphatic rings. The lowest BCUT2D eigenvalue weighted by Crippen LogP contribution is -2.19. The van der Waals surface area contributed by atoms with E-state index in [0.717, 1.165) is 11.1 Å². The lowest BCUT2D eigenvalue weighted by Gasteiger charge is -2.13. The minimum Gasteiger partial charge on any atom is -0.364 e. The molecule has 0 unspecified atom stereocenters. The number of benzene rings is 1. The van der Waals surface area contributed by atoms with E-state index in [1.807, 2.05) is 50.2 Å². The second kappa shape index (κ2) is 8.74. The first-order chi connectivity index (χ1) is 15.2. The van der Waals surface area contributed by atoms with Gasteiger partial charge in [0.05, 0.1) is 11.9 Å². The quantitative estimate of drug-likeness (QED) is 0.453. The lowest BCUT2D eigenvalue weighted by atomic mass is 10.0. The van der Waals surface area contributed by atoms with Gasteiger partial charge in [0.2, 0.25) is 0 Å². The molecule has 0 fully saturated rings. The van der Waals surface area contributed by atoms with Crippen LogP contribution in [0.15, 0.2) is 72.2 Å². The van der Waals surface area contributed by atoms with E-state index in [1.54, 1.807) is 12.4 Å². The fourth-order valence-corrected chi connectivity index (χ4v) is 3.42. The fraction of sp³-hybridized carbons (Fsp3) is 0.130. The van der Waals surface area contributed by atoms with Gasteiger partial charge in [0.15, 0.2) is 11.5 Å². The first kappa shape index (κ1) is 20.2. The Kier molecular flexibility index (Phi) is 5.70. The van der Waals surface area contributed by atoms with E-state index < -0.39 is 5.82 Å². The van der Waals surface area contributed by atoms with Crippen molar-refractivity contribution in [3.63, 3.8) is 0 Å². The summed E-state index contributed by atoms with van der Waals surface area (Å²) < 4.78 is 15.1. The molecule has 0 saturated carbocycles. The number of aromatic amines is 1. The maximum Gasteiger partial charge on any atom is 0.263 e. The molecule has 4 aromatic heterocycles. The predicted octanol–water partition coefficient (Wildman–Crippen LogP) is 4.41. The zero-order chi connectivity index (χ0) is 21.8. The van der Waals surface area contributed by atoms with Gasteiger partial charge in [-0.05, 0) is 29.3 Å². The number of halogens is 1. The Balaban J connectivity index is 0.00000112. The highest BCUT2D eigenvalue weighted by Crippen LogP contribution is 2.23. The number of nitrogens with one attached hydrogen (secondary N) is 2. The number of fused-ring (bicyclic) bond motifs is 2. The number of imidazole rings is 1. The monoisotopic (exact) mass is 416 g/mol. The Morgan fingerprint density at radius 1 is 1.06 bits per heavy atom. The van der Waals surface area contributed by atoms with Gasteiger partial charge in [-0.2, -0.15) is 0 Å².